The number of nitrogens with one attached hydrogen (secondary N) is 1. The van der Waals surface area contributed by atoms with E-state index in [0.717, 1.165) is 37.0 Å². The molecule has 1 aromatic heterocycles. The number of methoxy groups -OCH3 is 1. The van der Waals surface area contributed by atoms with Crippen molar-refractivity contribution in [2.45, 2.75) is 31.1 Å². The highest BCUT2D eigenvalue weighted by Crippen LogP contribution is 2.42. The topological polar surface area (TPSA) is 64.1 Å². The number of carbonyl (C=O) groups is 1. The number of benzene rings is 1. The summed E-state index contributed by atoms with van der Waals surface area (Å²) >= 11 is 1.34. The predicted molar refractivity (Wildman–Crippen MR) is 81.7 cm³/mol. The maximum atomic E-state index is 12.8. The Bertz CT molecular complexity index is 604. The molecule has 1 heterocycles. The molecule has 3 rings (SSSR count). The van der Waals surface area contributed by atoms with Crippen LogP contribution in [-0.2, 0) is 10.2 Å². The number of anilines is 1. The first-order chi connectivity index (χ1) is 10.2. The number of carbonyl (C=O) groups excluding carboxylic acids is 1. The fourth-order valence-corrected chi connectivity index (χ4v) is 3.42. The van der Waals surface area contributed by atoms with Gasteiger partial charge in [-0.25, -0.2) is 0 Å². The van der Waals surface area contributed by atoms with Crippen LogP contribution in [0.3, 0.4) is 0 Å². The van der Waals surface area contributed by atoms with Crippen molar-refractivity contribution in [2.75, 3.05) is 12.4 Å². The van der Waals surface area contributed by atoms with E-state index in [-0.39, 0.29) is 5.91 Å². The normalized spacial score (nSPS) is 16.6. The lowest BCUT2D eigenvalue weighted by Gasteiger charge is -2.27. The smallest absolute Gasteiger partial charge is 0.236 e. The van der Waals surface area contributed by atoms with Crippen molar-refractivity contribution in [3.05, 3.63) is 35.3 Å². The van der Waals surface area contributed by atoms with Gasteiger partial charge in [0.25, 0.3) is 0 Å². The number of aromatic nitrogens is 2. The highest BCUT2D eigenvalue weighted by molar-refractivity contribution is 7.13. The third-order valence-electron chi connectivity index (χ3n) is 4.11. The van der Waals surface area contributed by atoms with Gasteiger partial charge in [-0.1, -0.05) is 36.3 Å². The molecule has 1 N–H and O–H groups in total. The molecule has 1 amide bonds. The molecule has 1 aliphatic rings. The zero-order valence-electron chi connectivity index (χ0n) is 11.8. The predicted octanol–water partition coefficient (Wildman–Crippen LogP) is 3.00. The minimum atomic E-state index is -0.460. The summed E-state index contributed by atoms with van der Waals surface area (Å²) < 4.78 is 5.19. The van der Waals surface area contributed by atoms with Gasteiger partial charge in [0, 0.05) is 0 Å². The van der Waals surface area contributed by atoms with Gasteiger partial charge in [0.1, 0.15) is 11.3 Å². The molecule has 0 spiro atoms. The number of rotatable bonds is 4. The fourth-order valence-electron chi connectivity index (χ4n) is 2.98. The number of amides is 1. The molecule has 2 aromatic rings. The first-order valence-electron chi connectivity index (χ1n) is 6.97. The monoisotopic (exact) mass is 303 g/mol. The average Bonchev–Trinajstić information content (AvgIpc) is 3.19. The Morgan fingerprint density at radius 2 is 2.00 bits per heavy atom. The van der Waals surface area contributed by atoms with Crippen molar-refractivity contribution in [3.8, 4) is 5.75 Å². The molecule has 0 bridgehead atoms. The van der Waals surface area contributed by atoms with Gasteiger partial charge in [-0.3, -0.25) is 10.1 Å². The van der Waals surface area contributed by atoms with E-state index in [1.54, 1.807) is 12.6 Å². The van der Waals surface area contributed by atoms with Crippen molar-refractivity contribution in [1.82, 2.24) is 10.2 Å². The van der Waals surface area contributed by atoms with Gasteiger partial charge in [0.2, 0.25) is 11.0 Å². The Balaban J connectivity index is 1.89. The fraction of sp³-hybridized carbons (Fsp3) is 0.400. The largest absolute Gasteiger partial charge is 0.497 e. The van der Waals surface area contributed by atoms with Crippen molar-refractivity contribution in [3.63, 3.8) is 0 Å². The summed E-state index contributed by atoms with van der Waals surface area (Å²) in [5.41, 5.74) is 2.20. The molecule has 5 nitrogen and oxygen atoms in total. The van der Waals surface area contributed by atoms with E-state index in [1.807, 2.05) is 24.3 Å². The van der Waals surface area contributed by atoms with Crippen LogP contribution in [-0.4, -0.2) is 23.2 Å². The van der Waals surface area contributed by atoms with Gasteiger partial charge in [0.05, 0.1) is 12.5 Å². The average molecular weight is 303 g/mol. The minimum absolute atomic E-state index is 0.0157. The SMILES string of the molecule is COc1ccc(C2(C(=O)Nc3nncs3)CCCC2)cc1. The van der Waals surface area contributed by atoms with Gasteiger partial charge in [-0.2, -0.15) is 0 Å². The molecular formula is C15H17N3O2S. The molecule has 1 saturated carbocycles. The lowest BCUT2D eigenvalue weighted by atomic mass is 9.78. The van der Waals surface area contributed by atoms with Crippen LogP contribution < -0.4 is 10.1 Å². The standard InChI is InChI=1S/C15H17N3O2S/c1-20-12-6-4-11(5-7-12)15(8-2-3-9-15)13(19)17-14-18-16-10-21-14/h4-7,10H,2-3,8-9H2,1H3,(H,17,18,19). The van der Waals surface area contributed by atoms with Crippen LogP contribution in [0.5, 0.6) is 5.75 Å². The first kappa shape index (κ1) is 14.0. The first-order valence-corrected chi connectivity index (χ1v) is 7.85. The second kappa shape index (κ2) is 5.81. The number of hydrogen-bond donors (Lipinski definition) is 1. The quantitative estimate of drug-likeness (QED) is 0.943. The summed E-state index contributed by atoms with van der Waals surface area (Å²) in [5.74, 6) is 0.818. The second-order valence-corrected chi connectivity index (χ2v) is 6.05. The van der Waals surface area contributed by atoms with E-state index < -0.39 is 5.41 Å². The summed E-state index contributed by atoms with van der Waals surface area (Å²) in [6.45, 7) is 0. The maximum absolute atomic E-state index is 12.8. The molecule has 0 aliphatic heterocycles. The highest BCUT2D eigenvalue weighted by Gasteiger charge is 2.42. The molecular weight excluding hydrogens is 286 g/mol. The molecule has 0 saturated heterocycles. The van der Waals surface area contributed by atoms with E-state index in [0.29, 0.717) is 5.13 Å². The Morgan fingerprint density at radius 3 is 2.57 bits per heavy atom. The van der Waals surface area contributed by atoms with Crippen molar-refractivity contribution in [1.29, 1.82) is 0 Å². The minimum Gasteiger partial charge on any atom is -0.497 e. The summed E-state index contributed by atoms with van der Waals surface area (Å²) in [6.07, 6.45) is 3.86. The van der Waals surface area contributed by atoms with Crippen LogP contribution in [0.1, 0.15) is 31.2 Å². The maximum Gasteiger partial charge on any atom is 0.236 e. The van der Waals surface area contributed by atoms with Gasteiger partial charge in [0.15, 0.2) is 0 Å². The van der Waals surface area contributed by atoms with Gasteiger partial charge in [-0.15, -0.1) is 10.2 Å². The van der Waals surface area contributed by atoms with E-state index in [4.69, 9.17) is 4.74 Å². The lowest BCUT2D eigenvalue weighted by Crippen LogP contribution is -2.37. The van der Waals surface area contributed by atoms with Crippen LogP contribution in [0.15, 0.2) is 29.8 Å². The molecule has 1 aliphatic carbocycles. The Labute approximate surface area is 127 Å². The molecule has 21 heavy (non-hydrogen) atoms. The molecule has 0 radical (unpaired) electrons. The van der Waals surface area contributed by atoms with Gasteiger partial charge in [-0.05, 0) is 30.5 Å². The summed E-state index contributed by atoms with van der Waals surface area (Å²) in [7, 11) is 1.64. The lowest BCUT2D eigenvalue weighted by molar-refractivity contribution is -0.121. The molecule has 1 aromatic carbocycles. The summed E-state index contributed by atoms with van der Waals surface area (Å²) in [6, 6.07) is 7.80. The Morgan fingerprint density at radius 1 is 1.29 bits per heavy atom. The van der Waals surface area contributed by atoms with E-state index >= 15 is 0 Å². The number of hydrogen-bond acceptors (Lipinski definition) is 5. The van der Waals surface area contributed by atoms with E-state index in [9.17, 15) is 4.79 Å². The second-order valence-electron chi connectivity index (χ2n) is 5.22. The number of nitrogens with zero attached hydrogens (tertiary/aromatic N) is 2. The Kier molecular flexibility index (Phi) is 3.88. The van der Waals surface area contributed by atoms with Crippen LogP contribution in [0.4, 0.5) is 5.13 Å². The zero-order chi connectivity index (χ0) is 14.7. The van der Waals surface area contributed by atoms with Crippen molar-refractivity contribution < 1.29 is 9.53 Å². The summed E-state index contributed by atoms with van der Waals surface area (Å²) in [4.78, 5) is 12.8. The summed E-state index contributed by atoms with van der Waals surface area (Å²) in [5, 5.41) is 11.1. The van der Waals surface area contributed by atoms with Crippen LogP contribution in [0, 0.1) is 0 Å². The molecule has 0 unspecified atom stereocenters. The molecule has 110 valence electrons. The highest BCUT2D eigenvalue weighted by atomic mass is 32.1. The van der Waals surface area contributed by atoms with E-state index in [1.165, 1.54) is 11.3 Å². The molecule has 0 atom stereocenters. The van der Waals surface area contributed by atoms with Gasteiger partial charge >= 0.3 is 0 Å². The molecule has 1 fully saturated rings. The third-order valence-corrected chi connectivity index (χ3v) is 4.72. The van der Waals surface area contributed by atoms with Crippen LogP contribution >= 0.6 is 11.3 Å². The van der Waals surface area contributed by atoms with Crippen LogP contribution in [0.25, 0.3) is 0 Å². The zero-order valence-corrected chi connectivity index (χ0v) is 12.7. The number of ether oxygens (including phenoxy) is 1. The van der Waals surface area contributed by atoms with Crippen LogP contribution in [0.2, 0.25) is 0 Å². The Hall–Kier alpha value is -1.95. The van der Waals surface area contributed by atoms with Crippen molar-refractivity contribution >= 4 is 22.4 Å². The van der Waals surface area contributed by atoms with E-state index in [2.05, 4.69) is 15.5 Å². The van der Waals surface area contributed by atoms with Crippen molar-refractivity contribution in [2.24, 2.45) is 0 Å². The van der Waals surface area contributed by atoms with Gasteiger partial charge < -0.3 is 4.74 Å². The third kappa shape index (κ3) is 2.63. The molecule has 6 heteroatoms.